The second kappa shape index (κ2) is 54.9. The van der Waals surface area contributed by atoms with Gasteiger partial charge in [0.2, 0.25) is 112 Å². The number of nitrogens with one attached hydrogen (secondary N) is 15. The van der Waals surface area contributed by atoms with Crippen LogP contribution in [0.1, 0.15) is 169 Å². The molecule has 0 saturated carbocycles. The number of aliphatic hydroxyl groups excluding tert-OH is 3. The van der Waals surface area contributed by atoms with Crippen molar-refractivity contribution in [3.63, 3.8) is 0 Å². The van der Waals surface area contributed by atoms with E-state index in [4.69, 9.17) is 28.7 Å². The Hall–Kier alpha value is -13.3. The van der Waals surface area contributed by atoms with Crippen molar-refractivity contribution in [1.82, 2.24) is 84.3 Å². The molecule has 0 aliphatic carbocycles. The Balaban J connectivity index is 1.65. The third-order valence-corrected chi connectivity index (χ3v) is 20.8. The highest BCUT2D eigenvalue weighted by atomic mass is 16.4. The van der Waals surface area contributed by atoms with Crippen LogP contribution in [0.25, 0.3) is 10.9 Å². The first kappa shape index (κ1) is 110. The Kier molecular flexibility index (Phi) is 46.1. The van der Waals surface area contributed by atoms with Crippen molar-refractivity contribution in [2.45, 2.75) is 268 Å². The highest BCUT2D eigenvalue weighted by Crippen LogP contribution is 2.24. The van der Waals surface area contributed by atoms with Crippen LogP contribution in [0.5, 0.6) is 0 Å². The van der Waals surface area contributed by atoms with E-state index in [1.165, 1.54) is 24.3 Å². The lowest BCUT2D eigenvalue weighted by Crippen LogP contribution is -2.62. The molecule has 1 aliphatic rings. The number of carbonyl (C=O) groups excluding carboxylic acids is 19. The van der Waals surface area contributed by atoms with Crippen molar-refractivity contribution in [3.05, 3.63) is 71.9 Å². The van der Waals surface area contributed by atoms with Gasteiger partial charge >= 0.3 is 11.9 Å². The molecule has 30 N–H and O–H groups in total. The Labute approximate surface area is 754 Å². The largest absolute Gasteiger partial charge is 0.481 e. The van der Waals surface area contributed by atoms with Gasteiger partial charge in [-0.15, -0.1) is 0 Å². The minimum Gasteiger partial charge on any atom is -0.481 e. The molecule has 16 atom stereocenters. The number of fused-ring (bicyclic) bond motifs is 1. The third kappa shape index (κ3) is 38.1. The number of carboxylic acid groups (broad SMARTS) is 2. The van der Waals surface area contributed by atoms with Crippen molar-refractivity contribution < 1.29 is 126 Å². The molecular weight excluding hydrogens is 1720 g/mol. The zero-order chi connectivity index (χ0) is 98.2. The standard InChI is InChI=1S/C84H127N21O26/c1-41(2)31-54(96-76(123)56(33-43(5)6)101-82(129)63-22-16-30-105(63)84(131)53(24-27-65(87)111)95-78(125)59(36-66(88)112)91-45(8)109)74(121)92-50(21-14-15-29-85)71(118)99-58(35-47-38-90-49-20-13-12-19-48(47)49)77(124)97-55(32-42(3)4)75(122)100-60(37-68(115)116)79(126)103-62(40-107)81(128)98-57(34-46-17-10-9-11-18-46)80(127)104-69(44(7)108)83(130)94-52(25-28-67(113)114)72(119)93-51(23-26-64(86)110)73(120)102-61(39-106)70(89)117/h9-13,17-20,38,41-44,50-63,69,90,106-108H,14-16,21-37,39-40,85H2,1-8H3,(H2,86,110)(H2,87,111)(H2,88,112)(H2,89,117)(H,91,109)(H,92,121)(H,93,119)(H,94,130)(H,95,125)(H,96,123)(H,97,124)(H,98,128)(H,99,118)(H,100,122)(H,101,129)(H,102,120)(H,103,126)(H,104,127)(H,113,114)(H,115,116)/t44-,50+,51+,52+,53+,54+,55+,56+,57+,58+,59+,60+,61+,62+,63+,69+/m1/s1. The fourth-order valence-electron chi connectivity index (χ4n) is 14.2. The van der Waals surface area contributed by atoms with E-state index in [0.717, 1.165) is 18.7 Å². The molecule has 1 fully saturated rings. The number of carbonyl (C=O) groups is 21. The minimum absolute atomic E-state index is 0.0210. The second-order valence-corrected chi connectivity index (χ2v) is 33.3. The molecule has 0 bridgehead atoms. The van der Waals surface area contributed by atoms with Gasteiger partial charge in [-0.3, -0.25) is 101 Å². The Bertz CT molecular complexity index is 4490. The molecule has 0 unspecified atom stereocenters. The number of aliphatic carboxylic acids is 2. The monoisotopic (exact) mass is 1850 g/mol. The number of aromatic nitrogens is 1. The van der Waals surface area contributed by atoms with E-state index in [1.807, 2.05) is 0 Å². The molecule has 131 heavy (non-hydrogen) atoms. The molecule has 0 spiro atoms. The summed E-state index contributed by atoms with van der Waals surface area (Å²) in [6.45, 7) is 10.2. The lowest BCUT2D eigenvalue weighted by molar-refractivity contribution is -0.143. The van der Waals surface area contributed by atoms with Crippen molar-refractivity contribution in [2.75, 3.05) is 26.3 Å². The maximum absolute atomic E-state index is 15.2. The van der Waals surface area contributed by atoms with Crippen molar-refractivity contribution in [2.24, 2.45) is 46.4 Å². The summed E-state index contributed by atoms with van der Waals surface area (Å²) >= 11 is 0. The molecule has 2 aromatic carbocycles. The summed E-state index contributed by atoms with van der Waals surface area (Å²) in [4.78, 5) is 289. The predicted molar refractivity (Wildman–Crippen MR) is 466 cm³/mol. The highest BCUT2D eigenvalue weighted by molar-refractivity contribution is 6.02. The number of primary amides is 4. The molecule has 3 aromatic rings. The molecule has 4 rings (SSSR count). The lowest BCUT2D eigenvalue weighted by atomic mass is 9.98. The predicted octanol–water partition coefficient (Wildman–Crippen LogP) is -7.38. The number of nitrogens with two attached hydrogens (primary N) is 5. The number of benzene rings is 2. The Morgan fingerprint density at radius 1 is 0.420 bits per heavy atom. The maximum Gasteiger partial charge on any atom is 0.305 e. The smallest absolute Gasteiger partial charge is 0.305 e. The van der Waals surface area contributed by atoms with E-state index in [1.54, 1.807) is 78.1 Å². The number of amides is 19. The van der Waals surface area contributed by atoms with E-state index in [9.17, 15) is 117 Å². The topological polar surface area (TPSA) is 777 Å². The molecule has 1 aliphatic heterocycles. The van der Waals surface area contributed by atoms with Crippen LogP contribution in [0.15, 0.2) is 60.8 Å². The van der Waals surface area contributed by atoms with E-state index in [-0.39, 0.29) is 82.7 Å². The molecule has 1 saturated heterocycles. The van der Waals surface area contributed by atoms with Gasteiger partial charge in [0.15, 0.2) is 0 Å². The summed E-state index contributed by atoms with van der Waals surface area (Å²) in [5, 5.41) is 85.5. The second-order valence-electron chi connectivity index (χ2n) is 33.3. The molecule has 0 radical (unpaired) electrons. The molecular formula is C84H127N21O26. The van der Waals surface area contributed by atoms with Crippen LogP contribution in [-0.4, -0.2) is 283 Å². The summed E-state index contributed by atoms with van der Waals surface area (Å²) in [6, 6.07) is -10.8. The zero-order valence-corrected chi connectivity index (χ0v) is 74.4. The number of hydrogen-bond donors (Lipinski definition) is 25. The van der Waals surface area contributed by atoms with Crippen LogP contribution in [0.4, 0.5) is 0 Å². The zero-order valence-electron chi connectivity index (χ0n) is 74.4. The van der Waals surface area contributed by atoms with Gasteiger partial charge in [-0.25, -0.2) is 0 Å². The number of hydrogen-bond acceptors (Lipinski definition) is 25. The van der Waals surface area contributed by atoms with Crippen LogP contribution in [0, 0.1) is 17.8 Å². The normalized spacial score (nSPS) is 15.8. The third-order valence-electron chi connectivity index (χ3n) is 20.8. The Morgan fingerprint density at radius 3 is 1.31 bits per heavy atom. The molecule has 19 amide bonds. The maximum atomic E-state index is 15.2. The first-order valence-electron chi connectivity index (χ1n) is 43.0. The van der Waals surface area contributed by atoms with Crippen molar-refractivity contribution >= 4 is 135 Å². The number of H-pyrrole nitrogens is 1. The Morgan fingerprint density at radius 2 is 0.824 bits per heavy atom. The van der Waals surface area contributed by atoms with E-state index >= 15 is 9.59 Å². The van der Waals surface area contributed by atoms with Gasteiger partial charge < -0.3 is 139 Å². The summed E-state index contributed by atoms with van der Waals surface area (Å²) in [7, 11) is 0. The van der Waals surface area contributed by atoms with Crippen LogP contribution < -0.4 is 103 Å². The molecule has 2 heterocycles. The van der Waals surface area contributed by atoms with Crippen molar-refractivity contribution in [1.29, 1.82) is 0 Å². The average molecular weight is 1850 g/mol. The number of unbranched alkanes of at least 4 members (excludes halogenated alkanes) is 1. The van der Waals surface area contributed by atoms with Crippen LogP contribution in [0.2, 0.25) is 0 Å². The van der Waals surface area contributed by atoms with Gasteiger partial charge in [-0.05, 0) is 119 Å². The van der Waals surface area contributed by atoms with Gasteiger partial charge in [0, 0.05) is 62.7 Å². The van der Waals surface area contributed by atoms with Gasteiger partial charge in [-0.2, -0.15) is 0 Å². The highest BCUT2D eigenvalue weighted by Gasteiger charge is 2.43. The minimum atomic E-state index is -2.13. The molecule has 47 nitrogen and oxygen atoms in total. The quantitative estimate of drug-likeness (QED) is 0.0234. The summed E-state index contributed by atoms with van der Waals surface area (Å²) in [5.74, 6) is -24.4. The van der Waals surface area contributed by atoms with Crippen LogP contribution >= 0.6 is 0 Å². The number of rotatable bonds is 59. The van der Waals surface area contributed by atoms with Crippen LogP contribution in [0.3, 0.4) is 0 Å². The number of para-hydroxylation sites is 1. The van der Waals surface area contributed by atoms with Crippen molar-refractivity contribution in [3.8, 4) is 0 Å². The first-order chi connectivity index (χ1) is 61.7. The number of nitrogens with zero attached hydrogens (tertiary/aromatic N) is 1. The van der Waals surface area contributed by atoms with Gasteiger partial charge in [0.1, 0.15) is 90.6 Å². The molecule has 1 aromatic heterocycles. The SMILES string of the molecule is CC(=O)N[C@@H](CC(N)=O)C(=O)N[C@@H](CCC(N)=O)C(=O)N1CCC[C@H]1C(=O)N[C@@H](CC(C)C)C(=O)N[C@@H](CC(C)C)C(=O)N[C@@H](CCCCN)C(=O)N[C@@H](Cc1c[nH]c2ccccc12)C(=O)N[C@@H](CC(C)C)C(=O)N[C@@H](CC(=O)O)C(=O)N[C@@H](CO)C(=O)N[C@@H](Cc1ccccc1)C(=O)N[C@H](C(=O)N[C@@H](CCC(=O)O)C(=O)N[C@@H](CCC(N)=O)C(=O)N[C@@H](CO)C(N)=O)[C@@H](C)O. The number of aliphatic hydroxyl groups is 3. The van der Waals surface area contributed by atoms with E-state index < -0.39 is 291 Å². The summed E-state index contributed by atoms with van der Waals surface area (Å²) < 4.78 is 0. The fourth-order valence-corrected chi connectivity index (χ4v) is 14.2. The van der Waals surface area contributed by atoms with Crippen LogP contribution in [-0.2, 0) is 114 Å². The number of carboxylic acids is 2. The molecule has 47 heteroatoms. The van der Waals surface area contributed by atoms with E-state index in [2.05, 4.69) is 79.4 Å². The fraction of sp³-hybridized carbons (Fsp3) is 0.583. The lowest BCUT2D eigenvalue weighted by Gasteiger charge is -2.31. The van der Waals surface area contributed by atoms with E-state index in [0.29, 0.717) is 28.5 Å². The summed E-state index contributed by atoms with van der Waals surface area (Å²) in [6.07, 6.45) is -5.94. The van der Waals surface area contributed by atoms with Gasteiger partial charge in [0.05, 0.1) is 32.2 Å². The number of likely N-dealkylation sites (tertiary alicyclic amines) is 1. The average Bonchev–Trinajstić information content (AvgIpc) is 1.19. The van der Waals surface area contributed by atoms with Gasteiger partial charge in [0.25, 0.3) is 0 Å². The molecule has 724 valence electrons. The first-order valence-corrected chi connectivity index (χ1v) is 43.0. The summed E-state index contributed by atoms with van der Waals surface area (Å²) in [5.41, 5.74) is 28.5. The number of aromatic amines is 1. The van der Waals surface area contributed by atoms with Gasteiger partial charge in [-0.1, -0.05) is 90.1 Å².